The van der Waals surface area contributed by atoms with Gasteiger partial charge in [0.2, 0.25) is 0 Å². The maximum Gasteiger partial charge on any atom is 0.257 e. The minimum Gasteiger partial charge on any atom is -0.305 e. The monoisotopic (exact) mass is 264 g/mol. The number of halogens is 1. The molecule has 0 bridgehead atoms. The molecule has 0 aliphatic carbocycles. The molecule has 0 unspecified atom stereocenters. The van der Waals surface area contributed by atoms with Gasteiger partial charge in [-0.25, -0.2) is 16.5 Å². The largest absolute Gasteiger partial charge is 0.305 e. The van der Waals surface area contributed by atoms with Gasteiger partial charge in [0, 0.05) is 11.9 Å². The van der Waals surface area contributed by atoms with Crippen LogP contribution in [0.5, 0.6) is 0 Å². The zero-order valence-corrected chi connectivity index (χ0v) is 10.4. The standard InChI is InChI=1S/C9H13FN2O2S2/c1-11-8-16(13,14)12(15-7-10)9-5-3-2-4-6-9/h2-6,11H,7-8H2,1H3. The minimum atomic E-state index is -3.54. The molecular formula is C9H13FN2O2S2. The third-order valence-electron chi connectivity index (χ3n) is 1.71. The average Bonchev–Trinajstić information content (AvgIpc) is 2.27. The van der Waals surface area contributed by atoms with Crippen molar-refractivity contribution in [3.63, 3.8) is 0 Å². The summed E-state index contributed by atoms with van der Waals surface area (Å²) in [4.78, 5) is 0. The second-order valence-electron chi connectivity index (χ2n) is 2.91. The lowest BCUT2D eigenvalue weighted by Crippen LogP contribution is -2.32. The molecule has 0 atom stereocenters. The molecule has 0 aromatic heterocycles. The molecule has 0 radical (unpaired) electrons. The van der Waals surface area contributed by atoms with E-state index in [1.54, 1.807) is 30.3 Å². The van der Waals surface area contributed by atoms with E-state index >= 15 is 0 Å². The van der Waals surface area contributed by atoms with Gasteiger partial charge in [0.05, 0.1) is 5.69 Å². The fourth-order valence-corrected chi connectivity index (χ4v) is 3.35. The summed E-state index contributed by atoms with van der Waals surface area (Å²) >= 11 is 0.615. The first-order chi connectivity index (χ1) is 7.61. The zero-order chi connectivity index (χ0) is 12.0. The fourth-order valence-electron chi connectivity index (χ4n) is 1.15. The summed E-state index contributed by atoms with van der Waals surface area (Å²) in [6.45, 7) is 0. The summed E-state index contributed by atoms with van der Waals surface area (Å²) in [5.74, 6) is -0.227. The molecule has 0 spiro atoms. The van der Waals surface area contributed by atoms with Crippen molar-refractivity contribution in [1.29, 1.82) is 0 Å². The van der Waals surface area contributed by atoms with E-state index in [0.717, 1.165) is 3.71 Å². The molecule has 16 heavy (non-hydrogen) atoms. The molecule has 0 heterocycles. The van der Waals surface area contributed by atoms with E-state index in [1.807, 2.05) is 0 Å². The van der Waals surface area contributed by atoms with Crippen LogP contribution >= 0.6 is 11.9 Å². The van der Waals surface area contributed by atoms with Crippen molar-refractivity contribution in [2.75, 3.05) is 22.6 Å². The lowest BCUT2D eigenvalue weighted by Gasteiger charge is -2.21. The minimum absolute atomic E-state index is 0.227. The number of nitrogens with one attached hydrogen (secondary N) is 1. The van der Waals surface area contributed by atoms with Crippen LogP contribution in [0.4, 0.5) is 10.1 Å². The Bertz CT molecular complexity index is 411. The van der Waals surface area contributed by atoms with Gasteiger partial charge in [-0.15, -0.1) is 0 Å². The molecule has 0 fully saturated rings. The van der Waals surface area contributed by atoms with Crippen LogP contribution in [0.15, 0.2) is 30.3 Å². The van der Waals surface area contributed by atoms with Crippen molar-refractivity contribution in [3.8, 4) is 0 Å². The molecule has 7 heteroatoms. The number of para-hydroxylation sites is 1. The van der Waals surface area contributed by atoms with Crippen LogP contribution in [0.25, 0.3) is 0 Å². The van der Waals surface area contributed by atoms with Crippen LogP contribution in [0.2, 0.25) is 0 Å². The molecular weight excluding hydrogens is 251 g/mol. The molecule has 1 rings (SSSR count). The highest BCUT2D eigenvalue weighted by molar-refractivity contribution is 8.14. The molecule has 0 saturated heterocycles. The first-order valence-corrected chi connectivity index (χ1v) is 7.08. The lowest BCUT2D eigenvalue weighted by molar-refractivity contribution is 0.591. The predicted octanol–water partition coefficient (Wildman–Crippen LogP) is 1.57. The number of anilines is 1. The Morgan fingerprint density at radius 3 is 2.50 bits per heavy atom. The van der Waals surface area contributed by atoms with E-state index in [0.29, 0.717) is 17.6 Å². The molecule has 1 N–H and O–H groups in total. The van der Waals surface area contributed by atoms with Gasteiger partial charge in [0.15, 0.2) is 6.01 Å². The van der Waals surface area contributed by atoms with Crippen LogP contribution in [0, 0.1) is 0 Å². The zero-order valence-electron chi connectivity index (χ0n) is 8.76. The fraction of sp³-hybridized carbons (Fsp3) is 0.333. The Morgan fingerprint density at radius 2 is 2.00 bits per heavy atom. The molecule has 1 aromatic rings. The van der Waals surface area contributed by atoms with E-state index in [-0.39, 0.29) is 5.88 Å². The number of sulfonamides is 1. The van der Waals surface area contributed by atoms with Crippen molar-refractivity contribution in [1.82, 2.24) is 5.32 Å². The van der Waals surface area contributed by atoms with Crippen molar-refractivity contribution in [2.24, 2.45) is 0 Å². The summed E-state index contributed by atoms with van der Waals surface area (Å²) < 4.78 is 36.9. The second-order valence-corrected chi connectivity index (χ2v) is 5.80. The average molecular weight is 264 g/mol. The second kappa shape index (κ2) is 6.07. The van der Waals surface area contributed by atoms with E-state index < -0.39 is 16.0 Å². The van der Waals surface area contributed by atoms with Crippen LogP contribution in [0.3, 0.4) is 0 Å². The van der Waals surface area contributed by atoms with Crippen molar-refractivity contribution >= 4 is 27.7 Å². The van der Waals surface area contributed by atoms with Crippen molar-refractivity contribution in [3.05, 3.63) is 30.3 Å². The van der Waals surface area contributed by atoms with Crippen LogP contribution < -0.4 is 9.03 Å². The van der Waals surface area contributed by atoms with Gasteiger partial charge in [-0.3, -0.25) is 0 Å². The maximum absolute atomic E-state index is 12.3. The Labute approximate surface area is 99.0 Å². The highest BCUT2D eigenvalue weighted by Crippen LogP contribution is 2.25. The lowest BCUT2D eigenvalue weighted by atomic mass is 10.3. The van der Waals surface area contributed by atoms with Gasteiger partial charge in [0.1, 0.15) is 5.88 Å². The number of alkyl halides is 1. The van der Waals surface area contributed by atoms with Crippen LogP contribution in [-0.4, -0.2) is 27.3 Å². The highest BCUT2D eigenvalue weighted by Gasteiger charge is 2.22. The van der Waals surface area contributed by atoms with Gasteiger partial charge in [-0.05, 0) is 19.2 Å². The maximum atomic E-state index is 12.3. The number of rotatable bonds is 6. The number of hydrogen-bond acceptors (Lipinski definition) is 4. The van der Waals surface area contributed by atoms with Gasteiger partial charge in [-0.2, -0.15) is 0 Å². The molecule has 4 nitrogen and oxygen atoms in total. The third kappa shape index (κ3) is 3.36. The quantitative estimate of drug-likeness (QED) is 0.792. The van der Waals surface area contributed by atoms with E-state index in [2.05, 4.69) is 5.32 Å². The van der Waals surface area contributed by atoms with E-state index in [4.69, 9.17) is 0 Å². The molecule has 90 valence electrons. The first kappa shape index (κ1) is 13.3. The van der Waals surface area contributed by atoms with Gasteiger partial charge in [-0.1, -0.05) is 18.2 Å². The third-order valence-corrected chi connectivity index (χ3v) is 4.62. The molecule has 1 aromatic carbocycles. The Kier molecular flexibility index (Phi) is 5.04. The smallest absolute Gasteiger partial charge is 0.257 e. The summed E-state index contributed by atoms with van der Waals surface area (Å²) in [6, 6.07) is 7.63. The van der Waals surface area contributed by atoms with Crippen LogP contribution in [-0.2, 0) is 10.0 Å². The molecule has 0 aliphatic rings. The normalized spacial score (nSPS) is 11.4. The Balaban J connectivity index is 3.00. The molecule has 0 saturated carbocycles. The predicted molar refractivity (Wildman–Crippen MR) is 65.3 cm³/mol. The topological polar surface area (TPSA) is 49.4 Å². The van der Waals surface area contributed by atoms with Gasteiger partial charge < -0.3 is 5.32 Å². The summed E-state index contributed by atoms with van der Waals surface area (Å²) in [6.07, 6.45) is 0. The Hall–Kier alpha value is -0.790. The van der Waals surface area contributed by atoms with Crippen LogP contribution in [0.1, 0.15) is 0 Å². The number of hydrogen-bond donors (Lipinski definition) is 1. The van der Waals surface area contributed by atoms with Crippen molar-refractivity contribution in [2.45, 2.75) is 0 Å². The van der Waals surface area contributed by atoms with Crippen molar-refractivity contribution < 1.29 is 12.8 Å². The summed E-state index contributed by atoms with van der Waals surface area (Å²) in [5, 5.41) is 2.55. The van der Waals surface area contributed by atoms with Gasteiger partial charge >= 0.3 is 0 Å². The van der Waals surface area contributed by atoms with E-state index in [9.17, 15) is 12.8 Å². The SMILES string of the molecule is CNCS(=O)(=O)N(SCF)c1ccccc1. The Morgan fingerprint density at radius 1 is 1.38 bits per heavy atom. The summed E-state index contributed by atoms with van der Waals surface area (Å²) in [7, 11) is -2.01. The number of nitrogens with zero attached hydrogens (tertiary/aromatic N) is 1. The van der Waals surface area contributed by atoms with E-state index in [1.165, 1.54) is 7.05 Å². The summed E-state index contributed by atoms with van der Waals surface area (Å²) in [5.41, 5.74) is 0.445. The molecule has 0 amide bonds. The highest BCUT2D eigenvalue weighted by atomic mass is 32.3. The van der Waals surface area contributed by atoms with Gasteiger partial charge in [0.25, 0.3) is 10.0 Å². The first-order valence-electron chi connectivity index (χ1n) is 4.53. The number of benzene rings is 1. The molecule has 0 aliphatic heterocycles.